The van der Waals surface area contributed by atoms with E-state index < -0.39 is 65.5 Å². The molecule has 11 heteroatoms. The lowest BCUT2D eigenvalue weighted by Gasteiger charge is -2.12. The molecule has 11 nitrogen and oxygen atoms in total. The Morgan fingerprint density at radius 1 is 0.667 bits per heavy atom. The Bertz CT molecular complexity index is 746. The molecule has 0 aromatic rings. The van der Waals surface area contributed by atoms with E-state index in [4.69, 9.17) is 4.74 Å². The molecule has 0 aliphatic carbocycles. The minimum atomic E-state index is -1.01. The molecule has 0 saturated heterocycles. The molecule has 0 aliphatic heterocycles. The monoisotopic (exact) mass is 428 g/mol. The number of ketones is 2. The van der Waals surface area contributed by atoms with Crippen molar-refractivity contribution in [2.24, 2.45) is 0 Å². The molecule has 0 saturated carbocycles. The summed E-state index contributed by atoms with van der Waals surface area (Å²) in [5.41, 5.74) is -0.900. The molecule has 1 unspecified atom stereocenters. The lowest BCUT2D eigenvalue weighted by Crippen LogP contribution is -2.22. The summed E-state index contributed by atoms with van der Waals surface area (Å²) in [5.74, 6) is -5.41. The lowest BCUT2D eigenvalue weighted by atomic mass is 10.0. The molecule has 1 atom stereocenters. The zero-order valence-electron chi connectivity index (χ0n) is 17.3. The summed E-state index contributed by atoms with van der Waals surface area (Å²) in [6, 6.07) is 0. The van der Waals surface area contributed by atoms with Crippen molar-refractivity contribution >= 4 is 35.4 Å². The number of ether oxygens (including phenoxy) is 5. The largest absolute Gasteiger partial charge is 0.469 e. The molecule has 0 bridgehead atoms. The van der Waals surface area contributed by atoms with Gasteiger partial charge in [-0.25, -0.2) is 9.59 Å². The van der Waals surface area contributed by atoms with E-state index in [-0.39, 0.29) is 6.42 Å². The van der Waals surface area contributed by atoms with Crippen LogP contribution < -0.4 is 0 Å². The number of Topliss-reactive ketones (excluding diaryl/α,β-unsaturated/α-hetero) is 2. The predicted molar refractivity (Wildman–Crippen MR) is 98.9 cm³/mol. The van der Waals surface area contributed by atoms with Crippen molar-refractivity contribution in [3.63, 3.8) is 0 Å². The minimum absolute atomic E-state index is 0.153. The first kappa shape index (κ1) is 26.7. The van der Waals surface area contributed by atoms with Gasteiger partial charge >= 0.3 is 23.9 Å². The number of rotatable bonds is 12. The summed E-state index contributed by atoms with van der Waals surface area (Å²) in [5, 5.41) is 0. The van der Waals surface area contributed by atoms with Gasteiger partial charge in [0.05, 0.1) is 40.1 Å². The summed E-state index contributed by atoms with van der Waals surface area (Å²) in [6.45, 7) is 0. The van der Waals surface area contributed by atoms with Gasteiger partial charge in [-0.05, 0) is 12.5 Å². The summed E-state index contributed by atoms with van der Waals surface area (Å²) in [6.07, 6.45) is -0.273. The second-order valence-corrected chi connectivity index (χ2v) is 5.54. The van der Waals surface area contributed by atoms with Gasteiger partial charge in [-0.3, -0.25) is 19.2 Å². The standard InChI is InChI=1S/C19H24O11/c1-26-11(8-13(19(25)30-5)15(21)10-17(23)28-3)6-7-12(18(24)29-4)14(20)9-16(22)27-2/h7-8,11H,6,9-10H2,1-5H3. The van der Waals surface area contributed by atoms with Crippen LogP contribution in [0.2, 0.25) is 0 Å². The first-order valence-electron chi connectivity index (χ1n) is 8.46. The number of hydrogen-bond donors (Lipinski definition) is 0. The van der Waals surface area contributed by atoms with Crippen LogP contribution in [-0.2, 0) is 52.5 Å². The summed E-state index contributed by atoms with van der Waals surface area (Å²) in [7, 11) is 5.52. The van der Waals surface area contributed by atoms with Crippen LogP contribution >= 0.6 is 0 Å². The van der Waals surface area contributed by atoms with Crippen LogP contribution in [0.25, 0.3) is 0 Å². The Morgan fingerprint density at radius 3 is 1.50 bits per heavy atom. The fourth-order valence-corrected chi connectivity index (χ4v) is 2.05. The predicted octanol–water partition coefficient (Wildman–Crippen LogP) is -0.145. The molecule has 30 heavy (non-hydrogen) atoms. The van der Waals surface area contributed by atoms with E-state index in [1.165, 1.54) is 7.11 Å². The summed E-state index contributed by atoms with van der Waals surface area (Å²) >= 11 is 0. The van der Waals surface area contributed by atoms with Crippen LogP contribution in [0.4, 0.5) is 0 Å². The first-order valence-corrected chi connectivity index (χ1v) is 8.46. The quantitative estimate of drug-likeness (QED) is 0.134. The maximum absolute atomic E-state index is 12.2. The van der Waals surface area contributed by atoms with Crippen molar-refractivity contribution in [3.8, 4) is 0 Å². The van der Waals surface area contributed by atoms with E-state index >= 15 is 0 Å². The molecule has 0 radical (unpaired) electrons. The average molecular weight is 428 g/mol. The van der Waals surface area contributed by atoms with Crippen molar-refractivity contribution in [2.45, 2.75) is 25.4 Å². The Kier molecular flexibility index (Phi) is 12.2. The Hall–Kier alpha value is -3.34. The highest BCUT2D eigenvalue weighted by Crippen LogP contribution is 2.13. The molecule has 0 aromatic carbocycles. The second kappa shape index (κ2) is 13.8. The SMILES string of the molecule is COC(=O)CC(=O)C(=CCC(C=C(C(=O)CC(=O)OC)C(=O)OC)OC)C(=O)OC. The third-order valence-corrected chi connectivity index (χ3v) is 3.69. The number of esters is 4. The van der Waals surface area contributed by atoms with Crippen LogP contribution in [0.5, 0.6) is 0 Å². The number of carbonyl (C=O) groups excluding carboxylic acids is 6. The van der Waals surface area contributed by atoms with Crippen LogP contribution in [-0.4, -0.2) is 77.1 Å². The third-order valence-electron chi connectivity index (χ3n) is 3.69. The number of methoxy groups -OCH3 is 5. The van der Waals surface area contributed by atoms with Gasteiger partial charge in [0.25, 0.3) is 0 Å². The Labute approximate surface area is 172 Å². The van der Waals surface area contributed by atoms with E-state index in [1.807, 2.05) is 0 Å². The highest BCUT2D eigenvalue weighted by molar-refractivity contribution is 6.21. The third kappa shape index (κ3) is 8.78. The fourth-order valence-electron chi connectivity index (χ4n) is 2.05. The topological polar surface area (TPSA) is 149 Å². The van der Waals surface area contributed by atoms with Crippen LogP contribution in [0.15, 0.2) is 23.3 Å². The van der Waals surface area contributed by atoms with Gasteiger partial charge in [0.1, 0.15) is 18.4 Å². The Morgan fingerprint density at radius 2 is 1.10 bits per heavy atom. The zero-order valence-corrected chi connectivity index (χ0v) is 17.3. The van der Waals surface area contributed by atoms with Crippen LogP contribution in [0, 0.1) is 0 Å². The van der Waals surface area contributed by atoms with E-state index in [2.05, 4.69) is 18.9 Å². The molecule has 166 valence electrons. The van der Waals surface area contributed by atoms with E-state index in [9.17, 15) is 28.8 Å². The molecule has 0 amide bonds. The maximum Gasteiger partial charge on any atom is 0.341 e. The van der Waals surface area contributed by atoms with Gasteiger partial charge < -0.3 is 23.7 Å². The molecular formula is C19H24O11. The molecule has 0 aromatic heterocycles. The van der Waals surface area contributed by atoms with Crippen LogP contribution in [0.3, 0.4) is 0 Å². The van der Waals surface area contributed by atoms with Gasteiger partial charge in [-0.1, -0.05) is 6.08 Å². The fraction of sp³-hybridized carbons (Fsp3) is 0.474. The summed E-state index contributed by atoms with van der Waals surface area (Å²) < 4.78 is 23.0. The highest BCUT2D eigenvalue weighted by atomic mass is 16.5. The van der Waals surface area contributed by atoms with Crippen LogP contribution in [0.1, 0.15) is 19.3 Å². The lowest BCUT2D eigenvalue weighted by molar-refractivity contribution is -0.145. The van der Waals surface area contributed by atoms with Crippen molar-refractivity contribution in [3.05, 3.63) is 23.3 Å². The van der Waals surface area contributed by atoms with Gasteiger partial charge in [-0.15, -0.1) is 0 Å². The molecule has 0 fully saturated rings. The Balaban J connectivity index is 5.78. The molecule has 0 rings (SSSR count). The second-order valence-electron chi connectivity index (χ2n) is 5.54. The number of carbonyl (C=O) groups is 6. The van der Waals surface area contributed by atoms with Crippen molar-refractivity contribution < 1.29 is 52.5 Å². The minimum Gasteiger partial charge on any atom is -0.469 e. The van der Waals surface area contributed by atoms with Gasteiger partial charge in [0, 0.05) is 7.11 Å². The average Bonchev–Trinajstić information content (AvgIpc) is 2.74. The first-order chi connectivity index (χ1) is 14.1. The molecule has 0 N–H and O–H groups in total. The highest BCUT2D eigenvalue weighted by Gasteiger charge is 2.25. The molecule has 0 aliphatic rings. The zero-order chi connectivity index (χ0) is 23.3. The summed E-state index contributed by atoms with van der Waals surface area (Å²) in [4.78, 5) is 70.7. The van der Waals surface area contributed by atoms with Crippen molar-refractivity contribution in [1.82, 2.24) is 0 Å². The normalized spacial score (nSPS) is 12.4. The number of hydrogen-bond acceptors (Lipinski definition) is 11. The van der Waals surface area contributed by atoms with E-state index in [1.54, 1.807) is 0 Å². The van der Waals surface area contributed by atoms with Gasteiger partial charge in [-0.2, -0.15) is 0 Å². The van der Waals surface area contributed by atoms with Crippen molar-refractivity contribution in [1.29, 1.82) is 0 Å². The molecule has 0 heterocycles. The van der Waals surface area contributed by atoms with E-state index in [0.717, 1.165) is 40.6 Å². The molecular weight excluding hydrogens is 404 g/mol. The van der Waals surface area contributed by atoms with Gasteiger partial charge in [0.15, 0.2) is 11.6 Å². The van der Waals surface area contributed by atoms with Gasteiger partial charge in [0.2, 0.25) is 0 Å². The smallest absolute Gasteiger partial charge is 0.341 e. The van der Waals surface area contributed by atoms with Crippen molar-refractivity contribution in [2.75, 3.05) is 35.5 Å². The van der Waals surface area contributed by atoms with E-state index in [0.29, 0.717) is 0 Å². The maximum atomic E-state index is 12.2. The molecule has 0 spiro atoms.